The maximum atomic E-state index is 13.6. The molecule has 0 atom stereocenters. The summed E-state index contributed by atoms with van der Waals surface area (Å²) in [6.45, 7) is 0. The second kappa shape index (κ2) is 5.09. The lowest BCUT2D eigenvalue weighted by molar-refractivity contribution is 0.248. The molecule has 2 aromatic heterocycles. The first-order valence-corrected chi connectivity index (χ1v) is 6.42. The van der Waals surface area contributed by atoms with E-state index in [1.165, 1.54) is 12.3 Å². The van der Waals surface area contributed by atoms with Crippen LogP contribution in [0.5, 0.6) is 0 Å². The Hall–Kier alpha value is -2.55. The molecule has 0 aliphatic rings. The molecule has 0 aliphatic heterocycles. The molecule has 0 unspecified atom stereocenters. The third-order valence-corrected chi connectivity index (χ3v) is 3.45. The number of nitrogens with two attached hydrogens (primary N) is 1. The van der Waals surface area contributed by atoms with E-state index in [0.717, 1.165) is 28.6 Å². The summed E-state index contributed by atoms with van der Waals surface area (Å²) < 4.78 is 27.3. The second-order valence-electron chi connectivity index (χ2n) is 3.93. The number of primary amides is 1. The highest BCUT2D eigenvalue weighted by molar-refractivity contribution is 7.99. The molecule has 3 aromatic rings. The second-order valence-corrected chi connectivity index (χ2v) is 4.94. The Morgan fingerprint density at radius 1 is 1.38 bits per heavy atom. The van der Waals surface area contributed by atoms with Gasteiger partial charge in [0.2, 0.25) is 0 Å². The molecular weight excluding hydrogens is 300 g/mol. The van der Waals surface area contributed by atoms with Gasteiger partial charge in [0.15, 0.2) is 10.8 Å². The molecule has 2 heterocycles. The van der Waals surface area contributed by atoms with Crippen LogP contribution in [0.4, 0.5) is 13.6 Å². The fraction of sp³-hybridized carbons (Fsp3) is 0. The number of nitrogens with zero attached hydrogens (tertiary/aromatic N) is 4. The molecule has 2 N–H and O–H groups in total. The van der Waals surface area contributed by atoms with Gasteiger partial charge < -0.3 is 5.73 Å². The molecule has 105 valence electrons. The Kier molecular flexibility index (Phi) is 3.26. The van der Waals surface area contributed by atoms with Gasteiger partial charge in [-0.25, -0.2) is 23.5 Å². The van der Waals surface area contributed by atoms with Crippen molar-refractivity contribution in [2.75, 3.05) is 0 Å². The first-order valence-electron chi connectivity index (χ1n) is 5.61. The monoisotopic (exact) mass is 306 g/mol. The van der Waals surface area contributed by atoms with E-state index in [1.54, 1.807) is 0 Å². The Bertz CT molecular complexity index is 851. The van der Waals surface area contributed by atoms with Crippen molar-refractivity contribution in [3.63, 3.8) is 0 Å². The van der Waals surface area contributed by atoms with Gasteiger partial charge in [-0.2, -0.15) is 9.78 Å². The van der Waals surface area contributed by atoms with Crippen LogP contribution in [0.1, 0.15) is 0 Å². The van der Waals surface area contributed by atoms with Gasteiger partial charge >= 0.3 is 6.03 Å². The molecule has 0 spiro atoms. The van der Waals surface area contributed by atoms with Crippen LogP contribution in [0, 0.1) is 17.8 Å². The Morgan fingerprint density at radius 2 is 2.19 bits per heavy atom. The van der Waals surface area contributed by atoms with Crippen LogP contribution < -0.4 is 5.73 Å². The Labute approximate surface area is 121 Å². The van der Waals surface area contributed by atoms with E-state index in [4.69, 9.17) is 5.73 Å². The summed E-state index contributed by atoms with van der Waals surface area (Å²) in [6.07, 6.45) is 3.92. The van der Waals surface area contributed by atoms with Gasteiger partial charge in [-0.15, -0.1) is 0 Å². The van der Waals surface area contributed by atoms with E-state index in [0.29, 0.717) is 5.39 Å². The number of hydrogen-bond acceptors (Lipinski definition) is 5. The summed E-state index contributed by atoms with van der Waals surface area (Å²) in [6, 6.07) is 2.36. The number of aromatic nitrogens is 4. The lowest BCUT2D eigenvalue weighted by Crippen LogP contribution is -2.21. The molecule has 1 amide bonds. The first-order chi connectivity index (χ1) is 10.0. The zero-order valence-corrected chi connectivity index (χ0v) is 11.1. The van der Waals surface area contributed by atoms with Gasteiger partial charge in [0.1, 0.15) is 17.8 Å². The van der Waals surface area contributed by atoms with Crippen molar-refractivity contribution < 1.29 is 13.6 Å². The van der Waals surface area contributed by atoms with Gasteiger partial charge in [0.05, 0.1) is 10.3 Å². The van der Waals surface area contributed by atoms with Crippen LogP contribution in [0.3, 0.4) is 0 Å². The van der Waals surface area contributed by atoms with E-state index in [9.17, 15) is 13.6 Å². The number of carbonyl (C=O) groups excluding carboxylic acids is 1. The molecule has 0 aliphatic carbocycles. The molecule has 3 rings (SSSR count). The number of carbonyl (C=O) groups is 1. The molecule has 21 heavy (non-hydrogen) atoms. The van der Waals surface area contributed by atoms with Gasteiger partial charge in [-0.1, -0.05) is 0 Å². The van der Waals surface area contributed by atoms with Gasteiger partial charge in [-0.3, -0.25) is 0 Å². The van der Waals surface area contributed by atoms with E-state index in [2.05, 4.69) is 21.3 Å². The number of fused-ring (bicyclic) bond motifs is 1. The van der Waals surface area contributed by atoms with Crippen molar-refractivity contribution in [1.29, 1.82) is 0 Å². The average Bonchev–Trinajstić information content (AvgIpc) is 2.85. The number of hydrogen-bond donors (Lipinski definition) is 1. The van der Waals surface area contributed by atoms with Crippen LogP contribution >= 0.6 is 11.8 Å². The maximum Gasteiger partial charge on any atom is 0.341 e. The standard InChI is InChI=1S/C12H6F2N5OS/c13-7-1-2-9(8(14)3-7)21-12-16-4-6-5-17-19(11(15)20)10(6)18-12/h1-4H,(H2,15,20). The van der Waals surface area contributed by atoms with E-state index in [1.807, 2.05) is 0 Å². The van der Waals surface area contributed by atoms with Crippen molar-refractivity contribution in [3.8, 4) is 0 Å². The molecule has 6 nitrogen and oxygen atoms in total. The predicted octanol–water partition coefficient (Wildman–Crippen LogP) is 1.98. The Morgan fingerprint density at radius 3 is 2.90 bits per heavy atom. The zero-order chi connectivity index (χ0) is 15.0. The molecule has 0 fully saturated rings. The van der Waals surface area contributed by atoms with Crippen molar-refractivity contribution >= 4 is 28.8 Å². The van der Waals surface area contributed by atoms with Crippen LogP contribution in [0.25, 0.3) is 11.0 Å². The van der Waals surface area contributed by atoms with E-state index >= 15 is 0 Å². The largest absolute Gasteiger partial charge is 0.350 e. The first kappa shape index (κ1) is 13.4. The van der Waals surface area contributed by atoms with E-state index in [-0.39, 0.29) is 15.7 Å². The van der Waals surface area contributed by atoms with Crippen LogP contribution in [-0.2, 0) is 0 Å². The van der Waals surface area contributed by atoms with Crippen LogP contribution in [0.15, 0.2) is 34.4 Å². The molecule has 0 bridgehead atoms. The van der Waals surface area contributed by atoms with Crippen molar-refractivity contribution in [1.82, 2.24) is 19.7 Å². The van der Waals surface area contributed by atoms with Crippen LogP contribution in [0.2, 0.25) is 0 Å². The highest BCUT2D eigenvalue weighted by atomic mass is 32.2. The number of halogens is 2. The highest BCUT2D eigenvalue weighted by Crippen LogP contribution is 2.28. The van der Waals surface area contributed by atoms with Crippen molar-refractivity contribution in [2.24, 2.45) is 5.73 Å². The summed E-state index contributed by atoms with van der Waals surface area (Å²) in [5.41, 5.74) is 5.31. The number of rotatable bonds is 2. The van der Waals surface area contributed by atoms with Crippen LogP contribution in [-0.4, -0.2) is 25.8 Å². The molecule has 0 saturated heterocycles. The lowest BCUT2D eigenvalue weighted by Gasteiger charge is -2.02. The van der Waals surface area contributed by atoms with Crippen molar-refractivity contribution in [3.05, 3.63) is 42.2 Å². The predicted molar refractivity (Wildman–Crippen MR) is 69.6 cm³/mol. The summed E-state index contributed by atoms with van der Waals surface area (Å²) in [5.74, 6) is -1.40. The minimum absolute atomic E-state index is 0.157. The zero-order valence-electron chi connectivity index (χ0n) is 10.2. The average molecular weight is 306 g/mol. The highest BCUT2D eigenvalue weighted by Gasteiger charge is 2.13. The van der Waals surface area contributed by atoms with E-state index < -0.39 is 17.7 Å². The molecule has 0 saturated carbocycles. The number of amides is 1. The summed E-state index contributed by atoms with van der Waals surface area (Å²) in [5, 5.41) is 4.23. The minimum atomic E-state index is -0.816. The molecule has 1 aromatic carbocycles. The summed E-state index contributed by atoms with van der Waals surface area (Å²) >= 11 is 0.891. The quantitative estimate of drug-likeness (QED) is 0.732. The van der Waals surface area contributed by atoms with Gasteiger partial charge in [0.25, 0.3) is 0 Å². The fourth-order valence-corrected chi connectivity index (χ4v) is 2.33. The fourth-order valence-electron chi connectivity index (χ4n) is 1.61. The van der Waals surface area contributed by atoms with Gasteiger partial charge in [0, 0.05) is 12.3 Å². The molecule has 9 heteroatoms. The summed E-state index contributed by atoms with van der Waals surface area (Å²) in [7, 11) is 0. The molecule has 1 radical (unpaired) electrons. The third kappa shape index (κ3) is 2.55. The number of benzene rings is 1. The molecular formula is C12H6F2N5OS. The normalized spacial score (nSPS) is 11.0. The van der Waals surface area contributed by atoms with Gasteiger partial charge in [-0.05, 0) is 23.9 Å². The summed E-state index contributed by atoms with van der Waals surface area (Å²) in [4.78, 5) is 19.4. The SMILES string of the molecule is NC(=O)n1n[c]c2cnc(Sc3ccc(F)cc3F)nc21. The topological polar surface area (TPSA) is 86.7 Å². The van der Waals surface area contributed by atoms with Crippen molar-refractivity contribution in [2.45, 2.75) is 10.1 Å². The maximum absolute atomic E-state index is 13.6. The minimum Gasteiger partial charge on any atom is -0.350 e. The third-order valence-electron chi connectivity index (χ3n) is 2.52. The lowest BCUT2D eigenvalue weighted by atomic mass is 10.3. The smallest absolute Gasteiger partial charge is 0.341 e. The Balaban J connectivity index is 2.00.